The first-order valence-corrected chi connectivity index (χ1v) is 6.83. The van der Waals surface area contributed by atoms with E-state index in [1.54, 1.807) is 6.20 Å². The summed E-state index contributed by atoms with van der Waals surface area (Å²) >= 11 is 1.48. The zero-order valence-corrected chi connectivity index (χ0v) is 11.4. The minimum Gasteiger partial charge on any atom is -0.481 e. The van der Waals surface area contributed by atoms with Crippen LogP contribution < -0.4 is 5.32 Å². The van der Waals surface area contributed by atoms with E-state index in [0.717, 1.165) is 22.1 Å². The van der Waals surface area contributed by atoms with E-state index in [-0.39, 0.29) is 6.42 Å². The van der Waals surface area contributed by atoms with Crippen LogP contribution in [0, 0.1) is 6.92 Å². The van der Waals surface area contributed by atoms with Crippen molar-refractivity contribution in [3.63, 3.8) is 0 Å². The third kappa shape index (κ3) is 4.03. The summed E-state index contributed by atoms with van der Waals surface area (Å²) in [6.45, 7) is 2.64. The number of hydrogen-bond acceptors (Lipinski definition) is 5. The fourth-order valence-electron chi connectivity index (χ4n) is 1.60. The first-order chi connectivity index (χ1) is 9.15. The minimum atomic E-state index is -0.799. The van der Waals surface area contributed by atoms with E-state index >= 15 is 0 Å². The number of carboxylic acid groups (broad SMARTS) is 1. The van der Waals surface area contributed by atoms with E-state index in [0.29, 0.717) is 13.0 Å². The maximum atomic E-state index is 10.5. The van der Waals surface area contributed by atoms with Crippen LogP contribution in [0.15, 0.2) is 23.7 Å². The molecule has 0 unspecified atom stereocenters. The molecule has 0 spiro atoms. The summed E-state index contributed by atoms with van der Waals surface area (Å²) in [6, 6.07) is 3.93. The molecule has 0 aliphatic carbocycles. The molecule has 5 nitrogen and oxygen atoms in total. The van der Waals surface area contributed by atoms with Gasteiger partial charge >= 0.3 is 5.97 Å². The second kappa shape index (κ2) is 6.29. The average molecular weight is 277 g/mol. The fourth-order valence-corrected chi connectivity index (χ4v) is 2.34. The van der Waals surface area contributed by atoms with Gasteiger partial charge in [0.05, 0.1) is 24.4 Å². The summed E-state index contributed by atoms with van der Waals surface area (Å²) in [5, 5.41) is 14.5. The van der Waals surface area contributed by atoms with Gasteiger partial charge in [0.1, 0.15) is 0 Å². The van der Waals surface area contributed by atoms with Gasteiger partial charge in [-0.1, -0.05) is 6.07 Å². The Balaban J connectivity index is 1.90. The molecule has 0 saturated heterocycles. The van der Waals surface area contributed by atoms with Crippen molar-refractivity contribution in [2.45, 2.75) is 26.3 Å². The molecule has 2 heterocycles. The van der Waals surface area contributed by atoms with Crippen LogP contribution in [-0.2, 0) is 17.8 Å². The second-order valence-corrected chi connectivity index (χ2v) is 5.02. The molecule has 0 aromatic carbocycles. The molecule has 2 aromatic heterocycles. The summed E-state index contributed by atoms with van der Waals surface area (Å²) in [5.74, 6) is -0.799. The average Bonchev–Trinajstić information content (AvgIpc) is 2.83. The van der Waals surface area contributed by atoms with Gasteiger partial charge in [0.15, 0.2) is 5.13 Å². The monoisotopic (exact) mass is 277 g/mol. The fraction of sp³-hybridized carbons (Fsp3) is 0.308. The van der Waals surface area contributed by atoms with Gasteiger partial charge in [-0.15, -0.1) is 11.3 Å². The predicted molar refractivity (Wildman–Crippen MR) is 74.4 cm³/mol. The number of rotatable bonds is 6. The van der Waals surface area contributed by atoms with Crippen LogP contribution in [0.5, 0.6) is 0 Å². The Morgan fingerprint density at radius 2 is 2.37 bits per heavy atom. The molecule has 0 atom stereocenters. The minimum absolute atomic E-state index is 0.114. The molecule has 0 amide bonds. The lowest BCUT2D eigenvalue weighted by molar-refractivity contribution is -0.136. The molecular formula is C13H15N3O2S. The summed E-state index contributed by atoms with van der Waals surface area (Å²) in [7, 11) is 0. The SMILES string of the molecule is Cc1cccnc1CNc1nc(CCC(=O)O)cs1. The van der Waals surface area contributed by atoms with Crippen LogP contribution in [0.1, 0.15) is 23.4 Å². The molecule has 0 bridgehead atoms. The highest BCUT2D eigenvalue weighted by Crippen LogP contribution is 2.17. The van der Waals surface area contributed by atoms with Crippen LogP contribution in [-0.4, -0.2) is 21.0 Å². The van der Waals surface area contributed by atoms with E-state index < -0.39 is 5.97 Å². The Morgan fingerprint density at radius 1 is 1.53 bits per heavy atom. The Morgan fingerprint density at radius 3 is 3.11 bits per heavy atom. The van der Waals surface area contributed by atoms with Gasteiger partial charge in [0.2, 0.25) is 0 Å². The number of carbonyl (C=O) groups is 1. The number of nitrogens with zero attached hydrogens (tertiary/aromatic N) is 2. The lowest BCUT2D eigenvalue weighted by Gasteiger charge is -2.04. The van der Waals surface area contributed by atoms with Crippen LogP contribution >= 0.6 is 11.3 Å². The molecule has 2 aromatic rings. The third-order valence-electron chi connectivity index (χ3n) is 2.67. The van der Waals surface area contributed by atoms with Gasteiger partial charge in [-0.05, 0) is 18.6 Å². The van der Waals surface area contributed by atoms with Gasteiger partial charge in [-0.2, -0.15) is 0 Å². The quantitative estimate of drug-likeness (QED) is 0.848. The van der Waals surface area contributed by atoms with Crippen molar-refractivity contribution in [1.29, 1.82) is 0 Å². The standard InChI is InChI=1S/C13H15N3O2S/c1-9-3-2-6-14-11(9)7-15-13-16-10(8-19-13)4-5-12(17)18/h2-3,6,8H,4-5,7H2,1H3,(H,15,16)(H,17,18). The highest BCUT2D eigenvalue weighted by molar-refractivity contribution is 7.13. The van der Waals surface area contributed by atoms with Crippen LogP contribution in [0.25, 0.3) is 0 Å². The first kappa shape index (κ1) is 13.5. The van der Waals surface area contributed by atoms with Crippen molar-refractivity contribution in [3.05, 3.63) is 40.7 Å². The zero-order chi connectivity index (χ0) is 13.7. The number of nitrogens with one attached hydrogen (secondary N) is 1. The molecule has 100 valence electrons. The molecule has 0 radical (unpaired) electrons. The Bertz CT molecular complexity index is 569. The number of aryl methyl sites for hydroxylation is 2. The summed E-state index contributed by atoms with van der Waals surface area (Å²) in [4.78, 5) is 19.1. The van der Waals surface area contributed by atoms with Gasteiger partial charge in [0.25, 0.3) is 0 Å². The first-order valence-electron chi connectivity index (χ1n) is 5.95. The van der Waals surface area contributed by atoms with Crippen molar-refractivity contribution < 1.29 is 9.90 Å². The largest absolute Gasteiger partial charge is 0.481 e. The molecule has 6 heteroatoms. The van der Waals surface area contributed by atoms with E-state index in [1.807, 2.05) is 24.4 Å². The number of anilines is 1. The van der Waals surface area contributed by atoms with Crippen molar-refractivity contribution in [1.82, 2.24) is 9.97 Å². The van der Waals surface area contributed by atoms with Crippen LogP contribution in [0.4, 0.5) is 5.13 Å². The lowest BCUT2D eigenvalue weighted by Crippen LogP contribution is -2.03. The van der Waals surface area contributed by atoms with Crippen molar-refractivity contribution in [2.75, 3.05) is 5.32 Å². The highest BCUT2D eigenvalue weighted by Gasteiger charge is 2.05. The number of aromatic nitrogens is 2. The molecular weight excluding hydrogens is 262 g/mol. The summed E-state index contributed by atoms with van der Waals surface area (Å²) < 4.78 is 0. The van der Waals surface area contributed by atoms with E-state index in [2.05, 4.69) is 15.3 Å². The van der Waals surface area contributed by atoms with Crippen LogP contribution in [0.2, 0.25) is 0 Å². The molecule has 0 aliphatic rings. The molecule has 0 fully saturated rings. The third-order valence-corrected chi connectivity index (χ3v) is 3.52. The van der Waals surface area contributed by atoms with Crippen molar-refractivity contribution in [2.24, 2.45) is 0 Å². The van der Waals surface area contributed by atoms with Gasteiger partial charge in [0, 0.05) is 18.0 Å². The highest BCUT2D eigenvalue weighted by atomic mass is 32.1. The zero-order valence-electron chi connectivity index (χ0n) is 10.6. The van der Waals surface area contributed by atoms with E-state index in [1.165, 1.54) is 11.3 Å². The Kier molecular flexibility index (Phi) is 4.46. The number of hydrogen-bond donors (Lipinski definition) is 2. The van der Waals surface area contributed by atoms with Crippen molar-refractivity contribution >= 4 is 22.4 Å². The second-order valence-electron chi connectivity index (χ2n) is 4.16. The Labute approximate surface area is 115 Å². The van der Waals surface area contributed by atoms with Crippen molar-refractivity contribution in [3.8, 4) is 0 Å². The predicted octanol–water partition coefficient (Wildman–Crippen LogP) is 2.48. The van der Waals surface area contributed by atoms with E-state index in [9.17, 15) is 4.79 Å². The van der Waals surface area contributed by atoms with Gasteiger partial charge in [-0.3, -0.25) is 9.78 Å². The maximum Gasteiger partial charge on any atom is 0.303 e. The lowest BCUT2D eigenvalue weighted by atomic mass is 10.2. The number of thiazole rings is 1. The Hall–Kier alpha value is -1.95. The summed E-state index contributed by atoms with van der Waals surface area (Å²) in [6.07, 6.45) is 2.35. The topological polar surface area (TPSA) is 75.1 Å². The molecule has 0 saturated carbocycles. The van der Waals surface area contributed by atoms with Gasteiger partial charge < -0.3 is 10.4 Å². The normalized spacial score (nSPS) is 10.4. The van der Waals surface area contributed by atoms with E-state index in [4.69, 9.17) is 5.11 Å². The number of pyridine rings is 1. The smallest absolute Gasteiger partial charge is 0.303 e. The molecule has 2 rings (SSSR count). The summed E-state index contributed by atoms with van der Waals surface area (Å²) in [5.41, 5.74) is 2.94. The molecule has 0 aliphatic heterocycles. The van der Waals surface area contributed by atoms with Gasteiger partial charge in [-0.25, -0.2) is 4.98 Å². The number of aliphatic carboxylic acids is 1. The molecule has 2 N–H and O–H groups in total. The maximum absolute atomic E-state index is 10.5. The molecule has 19 heavy (non-hydrogen) atoms. The number of carboxylic acids is 1. The van der Waals surface area contributed by atoms with Crippen LogP contribution in [0.3, 0.4) is 0 Å².